The van der Waals surface area contributed by atoms with Gasteiger partial charge in [-0.15, -0.1) is 0 Å². The first-order valence-corrected chi connectivity index (χ1v) is 10.8. The number of anilines is 1. The Morgan fingerprint density at radius 3 is 1.94 bits per heavy atom. The highest BCUT2D eigenvalue weighted by Crippen LogP contribution is 2.38. The SMILES string of the molecule is COc1cc(C(=O)Nc2ccc(OCC(O)C[NH2+]C(C)C)cc2)cc(OC)c1OC.O=C([O-])C(=O)O. The molecule has 0 saturated carbocycles. The first-order chi connectivity index (χ1) is 17.0. The Kier molecular flexibility index (Phi) is 12.6. The molecule has 1 atom stereocenters. The average Bonchev–Trinajstić information content (AvgIpc) is 2.86. The molecule has 0 heterocycles. The van der Waals surface area contributed by atoms with Gasteiger partial charge in [0, 0.05) is 11.3 Å². The lowest BCUT2D eigenvalue weighted by Gasteiger charge is -2.14. The summed E-state index contributed by atoms with van der Waals surface area (Å²) in [5.74, 6) is -2.48. The number of benzene rings is 2. The smallest absolute Gasteiger partial charge is 0.351 e. The van der Waals surface area contributed by atoms with Gasteiger partial charge in [-0.1, -0.05) is 0 Å². The molecule has 0 spiro atoms. The maximum atomic E-state index is 12.6. The van der Waals surface area contributed by atoms with E-state index >= 15 is 0 Å². The Morgan fingerprint density at radius 2 is 1.53 bits per heavy atom. The number of aliphatic hydroxyl groups excluding tert-OH is 1. The highest BCUT2D eigenvalue weighted by Gasteiger charge is 2.17. The zero-order valence-electron chi connectivity index (χ0n) is 20.8. The third-order valence-electron chi connectivity index (χ3n) is 4.54. The number of methoxy groups -OCH3 is 3. The fourth-order valence-corrected chi connectivity index (χ4v) is 2.74. The van der Waals surface area contributed by atoms with Crippen LogP contribution in [0.25, 0.3) is 0 Å². The van der Waals surface area contributed by atoms with Crippen LogP contribution in [0.1, 0.15) is 24.2 Å². The summed E-state index contributed by atoms with van der Waals surface area (Å²) in [6.45, 7) is 4.93. The number of carbonyl (C=O) groups is 3. The van der Waals surface area contributed by atoms with Crippen molar-refractivity contribution < 1.29 is 54.0 Å². The number of rotatable bonds is 11. The number of nitrogens with one attached hydrogen (secondary N) is 1. The molecule has 2 aromatic carbocycles. The van der Waals surface area contributed by atoms with Crippen LogP contribution in [0.4, 0.5) is 5.69 Å². The molecule has 0 saturated heterocycles. The molecule has 0 radical (unpaired) electrons. The molecule has 36 heavy (non-hydrogen) atoms. The van der Waals surface area contributed by atoms with E-state index < -0.39 is 18.0 Å². The third-order valence-corrected chi connectivity index (χ3v) is 4.54. The summed E-state index contributed by atoms with van der Waals surface area (Å²) < 4.78 is 21.5. The molecule has 198 valence electrons. The van der Waals surface area contributed by atoms with Gasteiger partial charge in [-0.2, -0.15) is 0 Å². The van der Waals surface area contributed by atoms with E-state index in [1.807, 2.05) is 0 Å². The van der Waals surface area contributed by atoms with E-state index in [9.17, 15) is 9.90 Å². The van der Waals surface area contributed by atoms with Crippen LogP contribution in [0, 0.1) is 0 Å². The van der Waals surface area contributed by atoms with Gasteiger partial charge in [-0.25, -0.2) is 4.79 Å². The zero-order chi connectivity index (χ0) is 27.3. The van der Waals surface area contributed by atoms with E-state index in [0.29, 0.717) is 46.8 Å². The number of carboxylic acids is 2. The predicted octanol–water partition coefficient (Wildman–Crippen LogP) is -0.503. The fraction of sp³-hybridized carbons (Fsp3) is 0.375. The Morgan fingerprint density at radius 1 is 1.00 bits per heavy atom. The molecule has 0 aromatic heterocycles. The van der Waals surface area contributed by atoms with E-state index in [2.05, 4.69) is 24.5 Å². The van der Waals surface area contributed by atoms with E-state index in [1.54, 1.807) is 36.4 Å². The Balaban J connectivity index is 0.000000960. The molecule has 0 fully saturated rings. The number of quaternary nitrogens is 1. The van der Waals surface area contributed by atoms with Crippen molar-refractivity contribution in [2.24, 2.45) is 0 Å². The number of carbonyl (C=O) groups excluding carboxylic acids is 2. The minimum atomic E-state index is -2.07. The molecule has 1 unspecified atom stereocenters. The largest absolute Gasteiger partial charge is 0.539 e. The molecule has 0 aliphatic rings. The summed E-state index contributed by atoms with van der Waals surface area (Å²) >= 11 is 0. The van der Waals surface area contributed by atoms with Crippen molar-refractivity contribution in [3.05, 3.63) is 42.0 Å². The number of nitrogens with two attached hydrogens (primary N) is 1. The van der Waals surface area contributed by atoms with E-state index in [-0.39, 0.29) is 12.5 Å². The van der Waals surface area contributed by atoms with Crippen LogP contribution >= 0.6 is 0 Å². The summed E-state index contributed by atoms with van der Waals surface area (Å²) in [6.07, 6.45) is -0.549. The number of ether oxygens (including phenoxy) is 4. The highest BCUT2D eigenvalue weighted by molar-refractivity contribution is 6.26. The van der Waals surface area contributed by atoms with Crippen molar-refractivity contribution in [2.75, 3.05) is 39.8 Å². The van der Waals surface area contributed by atoms with Crippen molar-refractivity contribution in [3.8, 4) is 23.0 Å². The number of carboxylic acid groups (broad SMARTS) is 2. The molecule has 12 heteroatoms. The monoisotopic (exact) mass is 508 g/mol. The Hall–Kier alpha value is -4.03. The number of amides is 1. The van der Waals surface area contributed by atoms with Gasteiger partial charge < -0.3 is 49.7 Å². The normalized spacial score (nSPS) is 11.0. The average molecular weight is 509 g/mol. The van der Waals surface area contributed by atoms with Crippen LogP contribution in [-0.2, 0) is 9.59 Å². The van der Waals surface area contributed by atoms with E-state index in [1.165, 1.54) is 21.3 Å². The maximum absolute atomic E-state index is 12.6. The van der Waals surface area contributed by atoms with Crippen LogP contribution in [0.3, 0.4) is 0 Å². The van der Waals surface area contributed by atoms with Gasteiger partial charge in [0.15, 0.2) is 17.5 Å². The van der Waals surface area contributed by atoms with Gasteiger partial charge in [0.05, 0.1) is 27.4 Å². The summed E-state index contributed by atoms with van der Waals surface area (Å²) in [6, 6.07) is 10.5. The predicted molar refractivity (Wildman–Crippen MR) is 127 cm³/mol. The molecule has 0 aliphatic heterocycles. The van der Waals surface area contributed by atoms with Gasteiger partial charge in [-0.3, -0.25) is 4.79 Å². The molecule has 2 rings (SSSR count). The van der Waals surface area contributed by atoms with Crippen LogP contribution in [-0.4, -0.2) is 74.7 Å². The zero-order valence-corrected chi connectivity index (χ0v) is 20.8. The Labute approximate surface area is 208 Å². The summed E-state index contributed by atoms with van der Waals surface area (Å²) in [4.78, 5) is 30.7. The number of hydrogen-bond acceptors (Lipinski definition) is 9. The van der Waals surface area contributed by atoms with Crippen molar-refractivity contribution in [1.29, 1.82) is 0 Å². The topological polar surface area (TPSA) is 180 Å². The lowest BCUT2D eigenvalue weighted by Crippen LogP contribution is -2.90. The van der Waals surface area contributed by atoms with Crippen molar-refractivity contribution in [3.63, 3.8) is 0 Å². The Bertz CT molecular complexity index is 971. The van der Waals surface area contributed by atoms with Crippen molar-refractivity contribution in [1.82, 2.24) is 0 Å². The molecule has 0 bridgehead atoms. The third kappa shape index (κ3) is 10.1. The molecule has 0 aliphatic carbocycles. The summed E-state index contributed by atoms with van der Waals surface area (Å²) in [7, 11) is 4.50. The second-order valence-electron chi connectivity index (χ2n) is 7.67. The lowest BCUT2D eigenvalue weighted by atomic mass is 10.1. The molecular formula is C24H32N2O10. The number of hydrogen-bond donors (Lipinski definition) is 4. The lowest BCUT2D eigenvalue weighted by molar-refractivity contribution is -0.688. The van der Waals surface area contributed by atoms with Crippen molar-refractivity contribution >= 4 is 23.5 Å². The first-order valence-electron chi connectivity index (χ1n) is 10.8. The molecule has 2 aromatic rings. The van der Waals surface area contributed by atoms with Crippen LogP contribution in [0.15, 0.2) is 36.4 Å². The molecular weight excluding hydrogens is 476 g/mol. The minimum Gasteiger partial charge on any atom is -0.539 e. The maximum Gasteiger partial charge on any atom is 0.351 e. The summed E-state index contributed by atoms with van der Waals surface area (Å²) in [5.41, 5.74) is 0.976. The molecule has 1 amide bonds. The van der Waals surface area contributed by atoms with Gasteiger partial charge in [-0.05, 0) is 50.2 Å². The van der Waals surface area contributed by atoms with Crippen LogP contribution in [0.2, 0.25) is 0 Å². The minimum absolute atomic E-state index is 0.209. The first kappa shape index (κ1) is 30.0. The van der Waals surface area contributed by atoms with E-state index in [0.717, 1.165) is 0 Å². The van der Waals surface area contributed by atoms with E-state index in [4.69, 9.17) is 38.7 Å². The van der Waals surface area contributed by atoms with Crippen molar-refractivity contribution in [2.45, 2.75) is 26.0 Å². The van der Waals surface area contributed by atoms with Gasteiger partial charge in [0.2, 0.25) is 5.75 Å². The fourth-order valence-electron chi connectivity index (χ4n) is 2.74. The summed E-state index contributed by atoms with van der Waals surface area (Å²) in [5, 5.41) is 31.1. The molecule has 12 nitrogen and oxygen atoms in total. The molecule has 5 N–H and O–H groups in total. The van der Waals surface area contributed by atoms with Gasteiger partial charge in [0.25, 0.3) is 5.91 Å². The van der Waals surface area contributed by atoms with Gasteiger partial charge >= 0.3 is 5.97 Å². The standard InChI is InChI=1S/C22H30N2O6.C2H2O4/c1-14(2)23-12-17(25)13-30-18-8-6-16(7-9-18)24-22(26)15-10-19(27-3)21(29-5)20(11-15)28-4;3-1(4)2(5)6/h6-11,14,17,23,25H,12-13H2,1-5H3,(H,24,26);(H,3,4)(H,5,6). The highest BCUT2D eigenvalue weighted by atomic mass is 16.5. The quantitative estimate of drug-likeness (QED) is 0.289. The van der Waals surface area contributed by atoms with Gasteiger partial charge in [0.1, 0.15) is 25.0 Å². The second kappa shape index (κ2) is 15.1. The number of aliphatic carboxylic acids is 2. The second-order valence-corrected chi connectivity index (χ2v) is 7.67. The number of aliphatic hydroxyl groups is 1. The van der Waals surface area contributed by atoms with Crippen LogP contribution < -0.4 is 34.7 Å². The van der Waals surface area contributed by atoms with Crippen LogP contribution in [0.5, 0.6) is 23.0 Å².